The van der Waals surface area contributed by atoms with Gasteiger partial charge in [0.2, 0.25) is 11.9 Å². The van der Waals surface area contributed by atoms with Crippen molar-refractivity contribution in [2.75, 3.05) is 10.6 Å². The molecule has 3 rings (SSSR count). The predicted octanol–water partition coefficient (Wildman–Crippen LogP) is 4.26. The van der Waals surface area contributed by atoms with E-state index < -0.39 is 0 Å². The van der Waals surface area contributed by atoms with E-state index in [2.05, 4.69) is 44.8 Å². The number of hydrogen-bond donors (Lipinski definition) is 3. The molecule has 8 heteroatoms. The lowest BCUT2D eigenvalue weighted by Crippen LogP contribution is -2.39. The van der Waals surface area contributed by atoms with Crippen molar-refractivity contribution in [1.82, 2.24) is 15.3 Å². The molecular weight excluding hydrogens is 384 g/mol. The Bertz CT molecular complexity index is 1010. The average Bonchev–Trinajstić information content (AvgIpc) is 3.15. The molecule has 1 aromatic carbocycles. The molecule has 0 saturated carbocycles. The first kappa shape index (κ1) is 20.5. The number of aromatic nitrogens is 2. The lowest BCUT2D eigenvalue weighted by Gasteiger charge is -2.15. The summed E-state index contributed by atoms with van der Waals surface area (Å²) in [4.78, 5) is 13.3. The Morgan fingerprint density at radius 1 is 1.00 bits per heavy atom. The molecule has 0 saturated heterocycles. The van der Waals surface area contributed by atoms with Crippen LogP contribution >= 0.6 is 12.2 Å². The van der Waals surface area contributed by atoms with Crippen LogP contribution in [0, 0.1) is 27.7 Å². The Morgan fingerprint density at radius 2 is 1.76 bits per heavy atom. The summed E-state index contributed by atoms with van der Waals surface area (Å²) in [6.45, 7) is 8.31. The van der Waals surface area contributed by atoms with Crippen molar-refractivity contribution >= 4 is 34.9 Å². The molecule has 2 heterocycles. The average molecular weight is 409 g/mol. The van der Waals surface area contributed by atoms with E-state index in [1.165, 1.54) is 11.1 Å². The first-order valence-electron chi connectivity index (χ1n) is 9.20. The van der Waals surface area contributed by atoms with Crippen molar-refractivity contribution in [3.8, 4) is 0 Å². The molecule has 7 nitrogen and oxygen atoms in total. The molecule has 0 fully saturated rings. The normalized spacial score (nSPS) is 11.2. The molecule has 0 bridgehead atoms. The van der Waals surface area contributed by atoms with Gasteiger partial charge in [0.05, 0.1) is 6.26 Å². The highest BCUT2D eigenvalue weighted by atomic mass is 32.1. The van der Waals surface area contributed by atoms with E-state index in [9.17, 15) is 0 Å². The van der Waals surface area contributed by atoms with Gasteiger partial charge in [-0.15, -0.1) is 0 Å². The second-order valence-corrected chi connectivity index (χ2v) is 7.13. The second-order valence-electron chi connectivity index (χ2n) is 6.72. The number of nitrogens with one attached hydrogen (secondary N) is 3. The number of nitrogens with zero attached hydrogens (tertiary/aromatic N) is 3. The van der Waals surface area contributed by atoms with E-state index in [4.69, 9.17) is 16.6 Å². The number of benzene rings is 1. The van der Waals surface area contributed by atoms with Gasteiger partial charge in [0.1, 0.15) is 12.3 Å². The van der Waals surface area contributed by atoms with Gasteiger partial charge in [-0.05, 0) is 81.4 Å². The molecule has 3 N–H and O–H groups in total. The van der Waals surface area contributed by atoms with Crippen molar-refractivity contribution in [3.05, 3.63) is 70.9 Å². The fourth-order valence-electron chi connectivity index (χ4n) is 2.65. The van der Waals surface area contributed by atoms with Gasteiger partial charge in [-0.1, -0.05) is 6.07 Å². The minimum absolute atomic E-state index is 0.347. The monoisotopic (exact) mass is 408 g/mol. The molecule has 0 aliphatic heterocycles. The van der Waals surface area contributed by atoms with Crippen LogP contribution < -0.4 is 16.0 Å². The van der Waals surface area contributed by atoms with Crippen LogP contribution in [0.4, 0.5) is 11.6 Å². The molecule has 3 aromatic rings. The smallest absolute Gasteiger partial charge is 0.229 e. The summed E-state index contributed by atoms with van der Waals surface area (Å²) in [5, 5.41) is 9.78. The van der Waals surface area contributed by atoms with Crippen LogP contribution in [0.2, 0.25) is 0 Å². The lowest BCUT2D eigenvalue weighted by molar-refractivity contribution is 0.512. The van der Waals surface area contributed by atoms with Crippen LogP contribution in [0.15, 0.2) is 52.1 Å². The first-order chi connectivity index (χ1) is 13.9. The fourth-order valence-corrected chi connectivity index (χ4v) is 2.86. The summed E-state index contributed by atoms with van der Waals surface area (Å²) in [5.41, 5.74) is 5.04. The number of furan rings is 1. The maximum Gasteiger partial charge on any atom is 0.229 e. The van der Waals surface area contributed by atoms with Crippen molar-refractivity contribution in [3.63, 3.8) is 0 Å². The third kappa shape index (κ3) is 6.11. The predicted molar refractivity (Wildman–Crippen MR) is 120 cm³/mol. The molecule has 0 atom stereocenters. The number of guanidine groups is 1. The molecule has 0 spiro atoms. The summed E-state index contributed by atoms with van der Waals surface area (Å²) in [6, 6.07) is 11.7. The molecule has 29 heavy (non-hydrogen) atoms. The minimum atomic E-state index is 0.347. The highest BCUT2D eigenvalue weighted by molar-refractivity contribution is 7.80. The van der Waals surface area contributed by atoms with Gasteiger partial charge in [-0.3, -0.25) is 5.32 Å². The maximum absolute atomic E-state index is 5.46. The maximum atomic E-state index is 5.46. The number of aliphatic imine (C=N–C) groups is 1. The zero-order valence-electron chi connectivity index (χ0n) is 16.9. The summed E-state index contributed by atoms with van der Waals surface area (Å²) >= 11 is 5.46. The lowest BCUT2D eigenvalue weighted by atomic mass is 10.1. The molecule has 0 aliphatic rings. The van der Waals surface area contributed by atoms with Gasteiger partial charge in [-0.25, -0.2) is 15.0 Å². The summed E-state index contributed by atoms with van der Waals surface area (Å²) in [5.74, 6) is 1.61. The number of aryl methyl sites for hydroxylation is 4. The summed E-state index contributed by atoms with van der Waals surface area (Å²) in [7, 11) is 0. The number of thiocarbonyl (C=S) groups is 1. The van der Waals surface area contributed by atoms with Crippen LogP contribution in [-0.2, 0) is 6.54 Å². The number of rotatable bonds is 4. The highest BCUT2D eigenvalue weighted by Gasteiger charge is 2.08. The number of anilines is 2. The minimum Gasteiger partial charge on any atom is -0.467 e. The quantitative estimate of drug-likeness (QED) is 0.338. The molecule has 0 unspecified atom stereocenters. The Balaban J connectivity index is 1.75. The van der Waals surface area contributed by atoms with Crippen molar-refractivity contribution in [2.24, 2.45) is 4.99 Å². The Kier molecular flexibility index (Phi) is 6.56. The Labute approximate surface area is 175 Å². The molecular formula is C21H24N6OS. The van der Waals surface area contributed by atoms with Crippen LogP contribution in [0.3, 0.4) is 0 Å². The molecule has 0 amide bonds. The standard InChI is InChI=1S/C21H24N6OS/c1-13-7-8-17(10-14(13)2)25-21(29)27-19(22-12-18-6-5-9-28-18)26-20-23-15(3)11-16(4)24-20/h5-11H,12H2,1-4H3,(H3,22,23,24,25,26,27,29). The first-order valence-corrected chi connectivity index (χ1v) is 9.61. The molecule has 2 aromatic heterocycles. The van der Waals surface area contributed by atoms with Crippen LogP contribution in [0.25, 0.3) is 0 Å². The Morgan fingerprint density at radius 3 is 2.41 bits per heavy atom. The van der Waals surface area contributed by atoms with Crippen LogP contribution in [0.1, 0.15) is 28.3 Å². The van der Waals surface area contributed by atoms with Crippen molar-refractivity contribution in [1.29, 1.82) is 0 Å². The van der Waals surface area contributed by atoms with E-state index in [0.29, 0.717) is 23.6 Å². The van der Waals surface area contributed by atoms with Gasteiger partial charge in [0.25, 0.3) is 0 Å². The molecule has 0 radical (unpaired) electrons. The van der Waals surface area contributed by atoms with Gasteiger partial charge in [-0.2, -0.15) is 0 Å². The van der Waals surface area contributed by atoms with Crippen LogP contribution in [-0.4, -0.2) is 21.0 Å². The van der Waals surface area contributed by atoms with E-state index in [0.717, 1.165) is 22.8 Å². The van der Waals surface area contributed by atoms with E-state index >= 15 is 0 Å². The second kappa shape index (κ2) is 9.29. The van der Waals surface area contributed by atoms with Crippen molar-refractivity contribution in [2.45, 2.75) is 34.2 Å². The van der Waals surface area contributed by atoms with Crippen molar-refractivity contribution < 1.29 is 4.42 Å². The Hall–Kier alpha value is -3.26. The third-order valence-electron chi connectivity index (χ3n) is 4.18. The van der Waals surface area contributed by atoms with E-state index in [1.807, 2.05) is 50.2 Å². The van der Waals surface area contributed by atoms with Gasteiger partial charge in [0.15, 0.2) is 5.11 Å². The zero-order chi connectivity index (χ0) is 20.8. The van der Waals surface area contributed by atoms with Gasteiger partial charge in [0, 0.05) is 17.1 Å². The molecule has 150 valence electrons. The third-order valence-corrected chi connectivity index (χ3v) is 4.39. The van der Waals surface area contributed by atoms with Gasteiger partial charge < -0.3 is 15.1 Å². The molecule has 0 aliphatic carbocycles. The SMILES string of the molecule is Cc1cc(C)nc(NC(=NCc2ccco2)NC(=S)Nc2ccc(C)c(C)c2)n1. The number of hydrogen-bond acceptors (Lipinski definition) is 5. The highest BCUT2D eigenvalue weighted by Crippen LogP contribution is 2.14. The zero-order valence-corrected chi connectivity index (χ0v) is 17.7. The summed E-state index contributed by atoms with van der Waals surface area (Å²) in [6.07, 6.45) is 1.62. The van der Waals surface area contributed by atoms with E-state index in [1.54, 1.807) is 6.26 Å². The summed E-state index contributed by atoms with van der Waals surface area (Å²) < 4.78 is 5.35. The topological polar surface area (TPSA) is 87.4 Å². The van der Waals surface area contributed by atoms with Crippen LogP contribution in [0.5, 0.6) is 0 Å². The largest absolute Gasteiger partial charge is 0.467 e. The fraction of sp³-hybridized carbons (Fsp3) is 0.238. The van der Waals surface area contributed by atoms with E-state index in [-0.39, 0.29) is 0 Å². The van der Waals surface area contributed by atoms with Gasteiger partial charge >= 0.3 is 0 Å².